The second-order valence-electron chi connectivity index (χ2n) is 6.28. The standard InChI is InChI=1S/C16H14FN3O7/c1-18(6-11(21)22)14-10(20(26)27)4-8-13(12(14)17)19(7-2-3-7)5-9(15(8)23)16(24)25/h4-5,7H,2-3,6H2,1H3,(H,21,22)(H,24,25). The second-order valence-corrected chi connectivity index (χ2v) is 6.28. The zero-order valence-corrected chi connectivity index (χ0v) is 14.0. The van der Waals surface area contributed by atoms with Gasteiger partial charge < -0.3 is 19.7 Å². The van der Waals surface area contributed by atoms with Crippen LogP contribution in [0.1, 0.15) is 29.2 Å². The molecule has 2 N–H and O–H groups in total. The monoisotopic (exact) mass is 379 g/mol. The Kier molecular flexibility index (Phi) is 4.30. The molecule has 27 heavy (non-hydrogen) atoms. The number of nitro groups is 1. The van der Waals surface area contributed by atoms with E-state index in [-0.39, 0.29) is 11.6 Å². The van der Waals surface area contributed by atoms with Crippen LogP contribution in [0.25, 0.3) is 10.9 Å². The first-order chi connectivity index (χ1) is 12.6. The molecule has 2 aromatic rings. The summed E-state index contributed by atoms with van der Waals surface area (Å²) in [5.41, 5.74) is -3.32. The average Bonchev–Trinajstić information content (AvgIpc) is 3.38. The van der Waals surface area contributed by atoms with Crippen LogP contribution in [-0.4, -0.2) is 45.2 Å². The molecule has 10 nitrogen and oxygen atoms in total. The first kappa shape index (κ1) is 18.3. The number of benzene rings is 1. The molecular formula is C16H14FN3O7. The zero-order chi connectivity index (χ0) is 20.0. The number of halogens is 1. The fourth-order valence-electron chi connectivity index (χ4n) is 3.03. The van der Waals surface area contributed by atoms with Crippen molar-refractivity contribution in [3.05, 3.63) is 44.0 Å². The van der Waals surface area contributed by atoms with Crippen LogP contribution in [0.5, 0.6) is 0 Å². The van der Waals surface area contributed by atoms with Crippen molar-refractivity contribution in [3.8, 4) is 0 Å². The van der Waals surface area contributed by atoms with Crippen LogP contribution in [0.4, 0.5) is 15.8 Å². The molecular weight excluding hydrogens is 365 g/mol. The van der Waals surface area contributed by atoms with E-state index in [4.69, 9.17) is 5.11 Å². The van der Waals surface area contributed by atoms with Crippen molar-refractivity contribution in [1.29, 1.82) is 0 Å². The fraction of sp³-hybridized carbons (Fsp3) is 0.312. The summed E-state index contributed by atoms with van der Waals surface area (Å²) < 4.78 is 16.6. The van der Waals surface area contributed by atoms with Crippen molar-refractivity contribution in [2.45, 2.75) is 18.9 Å². The predicted molar refractivity (Wildman–Crippen MR) is 91.0 cm³/mol. The number of carboxylic acid groups (broad SMARTS) is 2. The lowest BCUT2D eigenvalue weighted by atomic mass is 10.1. The van der Waals surface area contributed by atoms with Gasteiger partial charge in [0.25, 0.3) is 5.69 Å². The number of aromatic nitrogens is 1. The van der Waals surface area contributed by atoms with Crippen molar-refractivity contribution in [2.24, 2.45) is 0 Å². The molecule has 1 fully saturated rings. The number of nitro benzene ring substituents is 1. The maximum absolute atomic E-state index is 15.3. The smallest absolute Gasteiger partial charge is 0.341 e. The molecule has 1 aromatic heterocycles. The van der Waals surface area contributed by atoms with Crippen molar-refractivity contribution >= 4 is 34.2 Å². The number of likely N-dealkylation sites (N-methyl/N-ethyl adjacent to an activating group) is 1. The van der Waals surface area contributed by atoms with Gasteiger partial charge in [0.2, 0.25) is 5.43 Å². The summed E-state index contributed by atoms with van der Waals surface area (Å²) in [6.07, 6.45) is 2.29. The third kappa shape index (κ3) is 3.07. The SMILES string of the molecule is CN(CC(=O)O)c1c([N+](=O)[O-])cc2c(=O)c(C(=O)O)cn(C3CC3)c2c1F. The topological polar surface area (TPSA) is 143 Å². The number of pyridine rings is 1. The van der Waals surface area contributed by atoms with Gasteiger partial charge in [-0.3, -0.25) is 19.7 Å². The molecule has 0 spiro atoms. The molecule has 1 aliphatic rings. The summed E-state index contributed by atoms with van der Waals surface area (Å²) in [6.45, 7) is -0.704. The van der Waals surface area contributed by atoms with Gasteiger partial charge in [-0.1, -0.05) is 0 Å². The highest BCUT2D eigenvalue weighted by atomic mass is 19.1. The Balaban J connectivity index is 2.44. The molecule has 0 atom stereocenters. The molecule has 142 valence electrons. The van der Waals surface area contributed by atoms with Crippen LogP contribution in [0.3, 0.4) is 0 Å². The molecule has 0 radical (unpaired) electrons. The van der Waals surface area contributed by atoms with E-state index in [2.05, 4.69) is 0 Å². The van der Waals surface area contributed by atoms with Crippen LogP contribution in [-0.2, 0) is 4.79 Å². The zero-order valence-electron chi connectivity index (χ0n) is 14.0. The van der Waals surface area contributed by atoms with Gasteiger partial charge >= 0.3 is 11.9 Å². The molecule has 0 amide bonds. The summed E-state index contributed by atoms with van der Waals surface area (Å²) >= 11 is 0. The van der Waals surface area contributed by atoms with E-state index in [1.165, 1.54) is 11.6 Å². The molecule has 1 saturated carbocycles. The summed E-state index contributed by atoms with van der Waals surface area (Å²) in [5.74, 6) is -3.98. The van der Waals surface area contributed by atoms with Crippen LogP contribution in [0.15, 0.2) is 17.1 Å². The van der Waals surface area contributed by atoms with Gasteiger partial charge in [0.05, 0.1) is 15.8 Å². The highest BCUT2D eigenvalue weighted by molar-refractivity contribution is 5.96. The van der Waals surface area contributed by atoms with Crippen LogP contribution in [0, 0.1) is 15.9 Å². The number of carbonyl (C=O) groups is 2. The van der Waals surface area contributed by atoms with Crippen molar-refractivity contribution in [1.82, 2.24) is 4.57 Å². The Morgan fingerprint density at radius 3 is 2.52 bits per heavy atom. The Bertz CT molecular complexity index is 1060. The lowest BCUT2D eigenvalue weighted by Gasteiger charge is -2.20. The van der Waals surface area contributed by atoms with E-state index in [0.29, 0.717) is 12.8 Å². The fourth-order valence-corrected chi connectivity index (χ4v) is 3.03. The quantitative estimate of drug-likeness (QED) is 0.569. The van der Waals surface area contributed by atoms with Crippen molar-refractivity contribution in [2.75, 3.05) is 18.5 Å². The van der Waals surface area contributed by atoms with Crippen LogP contribution >= 0.6 is 0 Å². The van der Waals surface area contributed by atoms with Gasteiger partial charge in [0.15, 0.2) is 11.5 Å². The molecule has 11 heteroatoms. The molecule has 0 unspecified atom stereocenters. The predicted octanol–water partition coefficient (Wildman–Crippen LogP) is 1.60. The molecule has 0 bridgehead atoms. The van der Waals surface area contributed by atoms with Gasteiger partial charge in [-0.05, 0) is 12.8 Å². The van der Waals surface area contributed by atoms with Crippen molar-refractivity contribution in [3.63, 3.8) is 0 Å². The minimum absolute atomic E-state index is 0.236. The normalized spacial score (nSPS) is 13.6. The summed E-state index contributed by atoms with van der Waals surface area (Å²) in [4.78, 5) is 46.1. The minimum Gasteiger partial charge on any atom is -0.480 e. The van der Waals surface area contributed by atoms with Gasteiger partial charge in [-0.2, -0.15) is 0 Å². The number of anilines is 1. The lowest BCUT2D eigenvalue weighted by Crippen LogP contribution is -2.28. The van der Waals surface area contributed by atoms with E-state index in [0.717, 1.165) is 17.2 Å². The number of aliphatic carboxylic acids is 1. The molecule has 1 aromatic carbocycles. The number of hydrogen-bond donors (Lipinski definition) is 2. The van der Waals surface area contributed by atoms with Crippen LogP contribution < -0.4 is 10.3 Å². The number of carboxylic acids is 2. The maximum atomic E-state index is 15.3. The Morgan fingerprint density at radius 2 is 2.04 bits per heavy atom. The number of fused-ring (bicyclic) bond motifs is 1. The average molecular weight is 379 g/mol. The van der Waals surface area contributed by atoms with E-state index in [1.807, 2.05) is 0 Å². The second kappa shape index (κ2) is 6.34. The Morgan fingerprint density at radius 1 is 1.41 bits per heavy atom. The van der Waals surface area contributed by atoms with Crippen molar-refractivity contribution < 1.29 is 29.1 Å². The third-order valence-corrected chi connectivity index (χ3v) is 4.33. The molecule has 1 heterocycles. The Hall–Kier alpha value is -3.50. The maximum Gasteiger partial charge on any atom is 0.341 e. The number of aromatic carboxylic acids is 1. The molecule has 3 rings (SSSR count). The van der Waals surface area contributed by atoms with E-state index in [9.17, 15) is 29.6 Å². The van der Waals surface area contributed by atoms with E-state index in [1.54, 1.807) is 0 Å². The van der Waals surface area contributed by atoms with Gasteiger partial charge in [-0.15, -0.1) is 0 Å². The summed E-state index contributed by atoms with van der Waals surface area (Å²) in [5, 5.41) is 29.1. The Labute approximate surface area is 150 Å². The molecule has 1 aliphatic carbocycles. The van der Waals surface area contributed by atoms with E-state index < -0.39 is 57.0 Å². The summed E-state index contributed by atoms with van der Waals surface area (Å²) in [6, 6.07) is 0.569. The first-order valence-electron chi connectivity index (χ1n) is 7.85. The van der Waals surface area contributed by atoms with Gasteiger partial charge in [0, 0.05) is 25.4 Å². The first-order valence-corrected chi connectivity index (χ1v) is 7.85. The lowest BCUT2D eigenvalue weighted by molar-refractivity contribution is -0.384. The number of hydrogen-bond acceptors (Lipinski definition) is 6. The van der Waals surface area contributed by atoms with Crippen LogP contribution in [0.2, 0.25) is 0 Å². The largest absolute Gasteiger partial charge is 0.480 e. The highest BCUT2D eigenvalue weighted by Gasteiger charge is 2.33. The summed E-state index contributed by atoms with van der Waals surface area (Å²) in [7, 11) is 1.18. The third-order valence-electron chi connectivity index (χ3n) is 4.33. The van der Waals surface area contributed by atoms with Gasteiger partial charge in [-0.25, -0.2) is 9.18 Å². The van der Waals surface area contributed by atoms with E-state index >= 15 is 4.39 Å². The minimum atomic E-state index is -1.52. The molecule has 0 aliphatic heterocycles. The molecule has 0 saturated heterocycles. The van der Waals surface area contributed by atoms with Gasteiger partial charge in [0.1, 0.15) is 12.1 Å². The number of rotatable bonds is 6. The highest BCUT2D eigenvalue weighted by Crippen LogP contribution is 2.41. The number of nitrogens with zero attached hydrogens (tertiary/aromatic N) is 3.